The second kappa shape index (κ2) is 7.34. The molecule has 0 bridgehead atoms. The Morgan fingerprint density at radius 3 is 2.67 bits per heavy atom. The highest BCUT2D eigenvalue weighted by molar-refractivity contribution is 7.89. The van der Waals surface area contributed by atoms with Crippen molar-refractivity contribution in [2.75, 3.05) is 26.2 Å². The monoisotopic (exact) mass is 388 g/mol. The van der Waals surface area contributed by atoms with Crippen molar-refractivity contribution < 1.29 is 17.9 Å². The molecule has 0 saturated carbocycles. The summed E-state index contributed by atoms with van der Waals surface area (Å²) in [6, 6.07) is 6.57. The molecule has 2 aromatic heterocycles. The summed E-state index contributed by atoms with van der Waals surface area (Å²) in [6.45, 7) is 1.67. The van der Waals surface area contributed by atoms with Gasteiger partial charge in [0.25, 0.3) is 5.91 Å². The van der Waals surface area contributed by atoms with E-state index in [0.717, 1.165) is 0 Å². The summed E-state index contributed by atoms with van der Waals surface area (Å²) >= 11 is 0. The minimum atomic E-state index is -3.58. The number of amides is 1. The minimum absolute atomic E-state index is 0.0608. The van der Waals surface area contributed by atoms with Gasteiger partial charge in [-0.25, -0.2) is 8.42 Å². The van der Waals surface area contributed by atoms with Gasteiger partial charge in [-0.05, 0) is 24.3 Å². The SMILES string of the molecule is O=C(NC[C@H]1CO[C@@H]2CN(S(=O)(=O)c3cccnc3)C[C@H]12)c1cccnc1. The molecular weight excluding hydrogens is 368 g/mol. The van der Waals surface area contributed by atoms with E-state index in [-0.39, 0.29) is 28.7 Å². The van der Waals surface area contributed by atoms with Crippen LogP contribution in [0.3, 0.4) is 0 Å². The zero-order valence-electron chi connectivity index (χ0n) is 14.6. The van der Waals surface area contributed by atoms with Gasteiger partial charge in [0.15, 0.2) is 0 Å². The van der Waals surface area contributed by atoms with Crippen LogP contribution in [0.2, 0.25) is 0 Å². The van der Waals surface area contributed by atoms with Gasteiger partial charge in [-0.1, -0.05) is 0 Å². The maximum atomic E-state index is 12.8. The molecule has 1 N–H and O–H groups in total. The van der Waals surface area contributed by atoms with Crippen molar-refractivity contribution in [2.24, 2.45) is 11.8 Å². The predicted octanol–water partition coefficient (Wildman–Crippen LogP) is 0.542. The molecule has 2 aliphatic rings. The maximum absolute atomic E-state index is 12.8. The van der Waals surface area contributed by atoms with Crippen LogP contribution in [0.4, 0.5) is 0 Å². The Morgan fingerprint density at radius 1 is 1.19 bits per heavy atom. The molecule has 27 heavy (non-hydrogen) atoms. The van der Waals surface area contributed by atoms with Gasteiger partial charge in [-0.15, -0.1) is 0 Å². The number of hydrogen-bond donors (Lipinski definition) is 1. The van der Waals surface area contributed by atoms with Crippen LogP contribution in [0, 0.1) is 11.8 Å². The Morgan fingerprint density at radius 2 is 1.96 bits per heavy atom. The van der Waals surface area contributed by atoms with Crippen LogP contribution in [-0.4, -0.2) is 60.9 Å². The molecule has 0 spiro atoms. The molecule has 1 amide bonds. The number of aromatic nitrogens is 2. The standard InChI is InChI=1S/C18H20N4O4S/c23-18(13-3-1-5-19-7-13)21-8-14-12-26-17-11-22(10-16(14)17)27(24,25)15-4-2-6-20-9-15/h1-7,9,14,16-17H,8,10-12H2,(H,21,23)/t14-,16+,17+/m0/s1. The van der Waals surface area contributed by atoms with Crippen molar-refractivity contribution in [2.45, 2.75) is 11.0 Å². The Hall–Kier alpha value is -2.36. The van der Waals surface area contributed by atoms with Gasteiger partial charge in [0.2, 0.25) is 10.0 Å². The summed E-state index contributed by atoms with van der Waals surface area (Å²) < 4.78 is 32.8. The summed E-state index contributed by atoms with van der Waals surface area (Å²) in [6.07, 6.45) is 5.89. The molecule has 0 aromatic carbocycles. The topological polar surface area (TPSA) is 101 Å². The lowest BCUT2D eigenvalue weighted by molar-refractivity contribution is 0.0932. The van der Waals surface area contributed by atoms with Crippen LogP contribution in [0.15, 0.2) is 53.9 Å². The molecule has 142 valence electrons. The lowest BCUT2D eigenvalue weighted by atomic mass is 9.93. The quantitative estimate of drug-likeness (QED) is 0.802. The highest BCUT2D eigenvalue weighted by Gasteiger charge is 2.47. The van der Waals surface area contributed by atoms with E-state index in [9.17, 15) is 13.2 Å². The molecule has 0 aliphatic carbocycles. The van der Waals surface area contributed by atoms with E-state index in [0.29, 0.717) is 31.8 Å². The van der Waals surface area contributed by atoms with Crippen LogP contribution in [0.5, 0.6) is 0 Å². The fourth-order valence-corrected chi connectivity index (χ4v) is 5.10. The fourth-order valence-electron chi connectivity index (χ4n) is 3.64. The number of sulfonamides is 1. The summed E-state index contributed by atoms with van der Waals surface area (Å²) in [4.78, 5) is 20.2. The third-order valence-electron chi connectivity index (χ3n) is 5.13. The summed E-state index contributed by atoms with van der Waals surface area (Å²) in [5, 5.41) is 2.90. The van der Waals surface area contributed by atoms with Crippen LogP contribution >= 0.6 is 0 Å². The maximum Gasteiger partial charge on any atom is 0.252 e. The highest BCUT2D eigenvalue weighted by atomic mass is 32.2. The second-order valence-corrected chi connectivity index (χ2v) is 8.70. The molecule has 2 fully saturated rings. The van der Waals surface area contributed by atoms with Gasteiger partial charge >= 0.3 is 0 Å². The Bertz CT molecular complexity index is 907. The third kappa shape index (κ3) is 3.58. The van der Waals surface area contributed by atoms with Crippen LogP contribution < -0.4 is 5.32 Å². The summed E-state index contributed by atoms with van der Waals surface area (Å²) in [5.74, 6) is -0.0558. The van der Waals surface area contributed by atoms with E-state index in [4.69, 9.17) is 4.74 Å². The number of nitrogens with zero attached hydrogens (tertiary/aromatic N) is 3. The molecule has 0 radical (unpaired) electrons. The van der Waals surface area contributed by atoms with Crippen molar-refractivity contribution >= 4 is 15.9 Å². The minimum Gasteiger partial charge on any atom is -0.376 e. The second-order valence-electron chi connectivity index (χ2n) is 6.76. The zero-order chi connectivity index (χ0) is 18.9. The molecule has 0 unspecified atom stereocenters. The largest absolute Gasteiger partial charge is 0.376 e. The van der Waals surface area contributed by atoms with Crippen molar-refractivity contribution in [3.8, 4) is 0 Å². The van der Waals surface area contributed by atoms with Crippen molar-refractivity contribution in [3.63, 3.8) is 0 Å². The van der Waals surface area contributed by atoms with Crippen LogP contribution in [0.25, 0.3) is 0 Å². The Labute approximate surface area is 157 Å². The first kappa shape index (κ1) is 18.0. The molecule has 8 nitrogen and oxygen atoms in total. The third-order valence-corrected chi connectivity index (χ3v) is 6.94. The van der Waals surface area contributed by atoms with E-state index >= 15 is 0 Å². The Balaban J connectivity index is 1.39. The smallest absolute Gasteiger partial charge is 0.252 e. The summed E-state index contributed by atoms with van der Waals surface area (Å²) in [7, 11) is -3.58. The van der Waals surface area contributed by atoms with Crippen LogP contribution in [0.1, 0.15) is 10.4 Å². The van der Waals surface area contributed by atoms with Gasteiger partial charge in [-0.2, -0.15) is 4.31 Å². The molecule has 2 aromatic rings. The number of pyridine rings is 2. The van der Waals surface area contributed by atoms with Gasteiger partial charge < -0.3 is 10.1 Å². The van der Waals surface area contributed by atoms with Gasteiger partial charge in [0.05, 0.1) is 18.3 Å². The predicted molar refractivity (Wildman–Crippen MR) is 96.3 cm³/mol. The number of fused-ring (bicyclic) bond motifs is 1. The van der Waals surface area contributed by atoms with Crippen molar-refractivity contribution in [1.82, 2.24) is 19.6 Å². The molecule has 9 heteroatoms. The van der Waals surface area contributed by atoms with Crippen LogP contribution in [-0.2, 0) is 14.8 Å². The molecule has 3 atom stereocenters. The van der Waals surface area contributed by atoms with Crippen molar-refractivity contribution in [3.05, 3.63) is 54.6 Å². The van der Waals surface area contributed by atoms with E-state index in [2.05, 4.69) is 15.3 Å². The lowest BCUT2D eigenvalue weighted by Crippen LogP contribution is -2.35. The number of hydrogen-bond acceptors (Lipinski definition) is 6. The zero-order valence-corrected chi connectivity index (χ0v) is 15.4. The number of ether oxygens (including phenoxy) is 1. The van der Waals surface area contributed by atoms with Gasteiger partial charge in [-0.3, -0.25) is 14.8 Å². The van der Waals surface area contributed by atoms with E-state index in [1.165, 1.54) is 16.7 Å². The highest BCUT2D eigenvalue weighted by Crippen LogP contribution is 2.35. The number of nitrogens with one attached hydrogen (secondary N) is 1. The van der Waals surface area contributed by atoms with E-state index < -0.39 is 10.0 Å². The fraction of sp³-hybridized carbons (Fsp3) is 0.389. The van der Waals surface area contributed by atoms with Crippen molar-refractivity contribution in [1.29, 1.82) is 0 Å². The Kier molecular flexibility index (Phi) is 4.90. The average Bonchev–Trinajstić information content (AvgIpc) is 3.29. The molecule has 2 aliphatic heterocycles. The first-order valence-corrected chi connectivity index (χ1v) is 10.2. The van der Waals surface area contributed by atoms with E-state index in [1.54, 1.807) is 36.7 Å². The van der Waals surface area contributed by atoms with E-state index in [1.807, 2.05) is 0 Å². The first-order valence-electron chi connectivity index (χ1n) is 8.76. The number of rotatable bonds is 5. The molecule has 4 heterocycles. The van der Waals surface area contributed by atoms with Gasteiger partial charge in [0, 0.05) is 56.3 Å². The normalized spacial score (nSPS) is 25.3. The first-order chi connectivity index (χ1) is 13.1. The molecular formula is C18H20N4O4S. The van der Waals surface area contributed by atoms with Gasteiger partial charge in [0.1, 0.15) is 4.90 Å². The lowest BCUT2D eigenvalue weighted by Gasteiger charge is -2.20. The molecule has 4 rings (SSSR count). The number of carbonyl (C=O) groups excluding carboxylic acids is 1. The molecule has 2 saturated heterocycles. The average molecular weight is 388 g/mol. The number of carbonyl (C=O) groups is 1. The summed E-state index contributed by atoms with van der Waals surface area (Å²) in [5.41, 5.74) is 0.500.